The molecule has 0 fully saturated rings. The van der Waals surface area contributed by atoms with E-state index >= 15 is 0 Å². The molecule has 5 heavy (non-hydrogen) atoms. The van der Waals surface area contributed by atoms with E-state index in [0.29, 0.717) is 0 Å². The van der Waals surface area contributed by atoms with Crippen LogP contribution in [0.25, 0.3) is 0 Å². The van der Waals surface area contributed by atoms with Crippen molar-refractivity contribution in [3.05, 3.63) is 0 Å². The summed E-state index contributed by atoms with van der Waals surface area (Å²) in [5.41, 5.74) is 0. The molecule has 0 saturated carbocycles. The molecular formula is Cl2Li2O. The molecule has 0 atom stereocenters. The van der Waals surface area contributed by atoms with E-state index in [0.717, 1.165) is 0 Å². The van der Waals surface area contributed by atoms with Gasteiger partial charge < -0.3 is 0 Å². The third kappa shape index (κ3) is 26.6. The fourth-order valence-electron chi connectivity index (χ4n) is 0. The van der Waals surface area contributed by atoms with Crippen LogP contribution in [0.1, 0.15) is 0 Å². The average molecular weight is 101 g/mol. The van der Waals surface area contributed by atoms with Gasteiger partial charge in [-0.3, -0.25) is 0 Å². The number of rotatable bonds is 0. The van der Waals surface area contributed by atoms with Gasteiger partial charge in [0.2, 0.25) is 0 Å². The maximum atomic E-state index is 4.26. The molecule has 0 aliphatic rings. The Labute approximate surface area is 65.0 Å². The van der Waals surface area contributed by atoms with E-state index in [1.54, 1.807) is 0 Å². The predicted octanol–water partition coefficient (Wildman–Crippen LogP) is 0.549. The molecule has 0 spiro atoms. The van der Waals surface area contributed by atoms with E-state index in [9.17, 15) is 0 Å². The molecule has 0 bridgehead atoms. The van der Waals surface area contributed by atoms with Crippen LogP contribution in [0.3, 0.4) is 0 Å². The monoisotopic (exact) mass is 100.0 g/mol. The number of hydrogen-bond donors (Lipinski definition) is 0. The molecule has 0 aliphatic carbocycles. The smallest absolute Gasteiger partial charge is 0.0832 e. The first-order chi connectivity index (χ1) is 1.41. The topological polar surface area (TPSA) is 9.23 Å². The Hall–Kier alpha value is 1.73. The summed E-state index contributed by atoms with van der Waals surface area (Å²) in [6.07, 6.45) is 0. The van der Waals surface area contributed by atoms with Crippen LogP contribution in [-0.2, 0) is 3.84 Å². The molecule has 1 nitrogen and oxygen atoms in total. The molecule has 0 aliphatic heterocycles. The summed E-state index contributed by atoms with van der Waals surface area (Å²) < 4.78 is 3.19. The first-order valence-electron chi connectivity index (χ1n) is 0.309. The van der Waals surface area contributed by atoms with Crippen LogP contribution in [0.2, 0.25) is 0 Å². The van der Waals surface area contributed by atoms with Crippen molar-refractivity contribution in [2.45, 2.75) is 0 Å². The van der Waals surface area contributed by atoms with E-state index in [4.69, 9.17) is 0 Å². The maximum absolute atomic E-state index is 4.26. The summed E-state index contributed by atoms with van der Waals surface area (Å²) in [5, 5.41) is 0. The fraction of sp³-hybridized carbons (Fsp3) is 0. The SMILES string of the molecule is ClOCl.[Li].[Li]. The Morgan fingerprint density at radius 1 is 1.00 bits per heavy atom. The summed E-state index contributed by atoms with van der Waals surface area (Å²) in [7, 11) is 0. The van der Waals surface area contributed by atoms with E-state index in [2.05, 4.69) is 27.6 Å². The minimum absolute atomic E-state index is 0. The van der Waals surface area contributed by atoms with Gasteiger partial charge in [0, 0.05) is 37.7 Å². The van der Waals surface area contributed by atoms with Crippen molar-refractivity contribution in [1.29, 1.82) is 0 Å². The molecule has 0 aromatic carbocycles. The van der Waals surface area contributed by atoms with Gasteiger partial charge in [0.1, 0.15) is 0 Å². The van der Waals surface area contributed by atoms with Gasteiger partial charge in [-0.2, -0.15) is 3.84 Å². The quantitative estimate of drug-likeness (QED) is 0.404. The molecular weight excluding hydrogens is 101 g/mol. The summed E-state index contributed by atoms with van der Waals surface area (Å²) in [5.74, 6) is 0. The van der Waals surface area contributed by atoms with E-state index in [1.807, 2.05) is 0 Å². The Morgan fingerprint density at radius 3 is 1.00 bits per heavy atom. The van der Waals surface area contributed by atoms with Crippen LogP contribution in [-0.4, -0.2) is 37.7 Å². The molecule has 5 heteroatoms. The zero-order chi connectivity index (χ0) is 2.71. The summed E-state index contributed by atoms with van der Waals surface area (Å²) in [4.78, 5) is 0. The normalized spacial score (nSPS) is 3.60. The second-order valence-electron chi connectivity index (χ2n) is 0.0583. The summed E-state index contributed by atoms with van der Waals surface area (Å²) >= 11 is 8.53. The van der Waals surface area contributed by atoms with Crippen LogP contribution in [0.4, 0.5) is 0 Å². The van der Waals surface area contributed by atoms with Crippen molar-refractivity contribution in [2.24, 2.45) is 0 Å². The predicted molar refractivity (Wildman–Crippen MR) is 24.3 cm³/mol. The van der Waals surface area contributed by atoms with Gasteiger partial charge in [0.05, 0.1) is 23.7 Å². The van der Waals surface area contributed by atoms with Gasteiger partial charge in [0.25, 0.3) is 0 Å². The van der Waals surface area contributed by atoms with Crippen molar-refractivity contribution >= 4 is 61.5 Å². The van der Waals surface area contributed by atoms with Gasteiger partial charge in [0.15, 0.2) is 0 Å². The third-order valence-electron chi connectivity index (χ3n) is 0. The van der Waals surface area contributed by atoms with Crippen molar-refractivity contribution < 1.29 is 3.84 Å². The second kappa shape index (κ2) is 17.2. The summed E-state index contributed by atoms with van der Waals surface area (Å²) in [6, 6.07) is 0. The van der Waals surface area contributed by atoms with Crippen molar-refractivity contribution in [1.82, 2.24) is 0 Å². The molecule has 0 N–H and O–H groups in total. The van der Waals surface area contributed by atoms with Gasteiger partial charge in [-0.05, 0) is 0 Å². The van der Waals surface area contributed by atoms with E-state index in [1.165, 1.54) is 0 Å². The van der Waals surface area contributed by atoms with Crippen LogP contribution in [0.15, 0.2) is 0 Å². The summed E-state index contributed by atoms with van der Waals surface area (Å²) in [6.45, 7) is 0. The van der Waals surface area contributed by atoms with Gasteiger partial charge in [-0.15, -0.1) is 0 Å². The van der Waals surface area contributed by atoms with Crippen LogP contribution in [0, 0.1) is 0 Å². The van der Waals surface area contributed by atoms with Crippen LogP contribution < -0.4 is 0 Å². The fourth-order valence-corrected chi connectivity index (χ4v) is 0. The zero-order valence-corrected chi connectivity index (χ0v) is 4.68. The van der Waals surface area contributed by atoms with Crippen molar-refractivity contribution in [3.63, 3.8) is 0 Å². The van der Waals surface area contributed by atoms with Crippen LogP contribution in [0.5, 0.6) is 0 Å². The Bertz CT molecular complexity index is 7.61. The minimum Gasteiger partial charge on any atom is -0.166 e. The van der Waals surface area contributed by atoms with Gasteiger partial charge >= 0.3 is 0 Å². The Balaban J connectivity index is -0.0000000200. The molecule has 0 heterocycles. The van der Waals surface area contributed by atoms with Crippen LogP contribution >= 0.6 is 23.7 Å². The Kier molecular flexibility index (Phi) is 54.6. The largest absolute Gasteiger partial charge is 0.166 e. The maximum Gasteiger partial charge on any atom is 0.0832 e. The number of hydrogen-bond acceptors (Lipinski definition) is 1. The first kappa shape index (κ1) is 15.9. The van der Waals surface area contributed by atoms with Crippen molar-refractivity contribution in [2.75, 3.05) is 0 Å². The molecule has 0 aromatic heterocycles. The minimum atomic E-state index is 0. The zero-order valence-electron chi connectivity index (χ0n) is 3.16. The molecule has 0 saturated heterocycles. The van der Waals surface area contributed by atoms with Crippen molar-refractivity contribution in [3.8, 4) is 0 Å². The average Bonchev–Trinajstić information content (AvgIpc) is 0.918. The second-order valence-corrected chi connectivity index (χ2v) is 0.525. The van der Waals surface area contributed by atoms with Gasteiger partial charge in [-0.1, -0.05) is 0 Å². The molecule has 0 amide bonds. The van der Waals surface area contributed by atoms with E-state index in [-0.39, 0.29) is 37.7 Å². The number of halogens is 2. The Morgan fingerprint density at radius 2 is 1.00 bits per heavy atom. The molecule has 0 rings (SSSR count). The molecule has 2 radical (unpaired) electrons. The molecule has 22 valence electrons. The van der Waals surface area contributed by atoms with Gasteiger partial charge in [-0.25, -0.2) is 0 Å². The van der Waals surface area contributed by atoms with E-state index < -0.39 is 0 Å². The molecule has 0 aromatic rings. The molecule has 0 unspecified atom stereocenters. The first-order valence-corrected chi connectivity index (χ1v) is 0.926. The third-order valence-corrected chi connectivity index (χ3v) is 0. The standard InChI is InChI=1S/Cl2O.2Li/c1-3-2;;.